The molecule has 0 spiro atoms. The van der Waals surface area contributed by atoms with Crippen LogP contribution in [0, 0.1) is 5.92 Å². The van der Waals surface area contributed by atoms with Gasteiger partial charge in [0.2, 0.25) is 5.91 Å². The van der Waals surface area contributed by atoms with E-state index in [4.69, 9.17) is 9.47 Å². The molecule has 2 rings (SSSR count). The third-order valence-electron chi connectivity index (χ3n) is 4.30. The molecule has 116 valence electrons. The number of rotatable bonds is 7. The average molecular weight is 284 g/mol. The SMILES string of the molecule is CCN(C)CC1CCN(C(=O)COCC2CCCO2)C1. The highest BCUT2D eigenvalue weighted by molar-refractivity contribution is 5.77. The summed E-state index contributed by atoms with van der Waals surface area (Å²) >= 11 is 0. The van der Waals surface area contributed by atoms with Crippen molar-refractivity contribution in [1.29, 1.82) is 0 Å². The zero-order chi connectivity index (χ0) is 14.4. The molecule has 0 aliphatic carbocycles. The first-order valence-electron chi connectivity index (χ1n) is 7.84. The van der Waals surface area contributed by atoms with E-state index in [1.54, 1.807) is 0 Å². The summed E-state index contributed by atoms with van der Waals surface area (Å²) in [4.78, 5) is 16.3. The molecule has 0 bridgehead atoms. The van der Waals surface area contributed by atoms with Crippen LogP contribution in [-0.2, 0) is 14.3 Å². The van der Waals surface area contributed by atoms with Gasteiger partial charge in [-0.05, 0) is 38.8 Å². The molecular weight excluding hydrogens is 256 g/mol. The van der Waals surface area contributed by atoms with Crippen LogP contribution in [0.25, 0.3) is 0 Å². The highest BCUT2D eigenvalue weighted by Gasteiger charge is 2.27. The summed E-state index contributed by atoms with van der Waals surface area (Å²) in [6.07, 6.45) is 3.48. The lowest BCUT2D eigenvalue weighted by atomic mass is 10.1. The molecule has 2 aliphatic heterocycles. The van der Waals surface area contributed by atoms with Gasteiger partial charge in [0.05, 0.1) is 12.7 Å². The first-order valence-corrected chi connectivity index (χ1v) is 7.84. The number of hydrogen-bond donors (Lipinski definition) is 0. The molecule has 2 saturated heterocycles. The van der Waals surface area contributed by atoms with E-state index >= 15 is 0 Å². The van der Waals surface area contributed by atoms with E-state index in [9.17, 15) is 4.79 Å². The Morgan fingerprint density at radius 2 is 2.30 bits per heavy atom. The van der Waals surface area contributed by atoms with Crippen LogP contribution in [0.4, 0.5) is 0 Å². The number of nitrogens with zero attached hydrogens (tertiary/aromatic N) is 2. The molecule has 5 heteroatoms. The molecule has 0 radical (unpaired) electrons. The predicted molar refractivity (Wildman–Crippen MR) is 77.7 cm³/mol. The fraction of sp³-hybridized carbons (Fsp3) is 0.933. The van der Waals surface area contributed by atoms with Crippen LogP contribution < -0.4 is 0 Å². The lowest BCUT2D eigenvalue weighted by molar-refractivity contribution is -0.136. The molecule has 2 unspecified atom stereocenters. The van der Waals surface area contributed by atoms with Crippen molar-refractivity contribution in [2.24, 2.45) is 5.92 Å². The van der Waals surface area contributed by atoms with Crippen molar-refractivity contribution < 1.29 is 14.3 Å². The van der Waals surface area contributed by atoms with Crippen LogP contribution in [0.1, 0.15) is 26.2 Å². The molecule has 0 aromatic heterocycles. The molecule has 2 aliphatic rings. The van der Waals surface area contributed by atoms with Gasteiger partial charge in [0.1, 0.15) is 6.61 Å². The Labute approximate surface area is 122 Å². The first-order chi connectivity index (χ1) is 9.69. The normalized spacial score (nSPS) is 26.6. The lowest BCUT2D eigenvalue weighted by Crippen LogP contribution is -2.34. The summed E-state index contributed by atoms with van der Waals surface area (Å²) < 4.78 is 11.0. The van der Waals surface area contributed by atoms with E-state index in [1.165, 1.54) is 0 Å². The van der Waals surface area contributed by atoms with Crippen molar-refractivity contribution in [3.63, 3.8) is 0 Å². The predicted octanol–water partition coefficient (Wildman–Crippen LogP) is 0.982. The third kappa shape index (κ3) is 4.72. The van der Waals surface area contributed by atoms with E-state index in [0.29, 0.717) is 12.5 Å². The highest BCUT2D eigenvalue weighted by atomic mass is 16.5. The van der Waals surface area contributed by atoms with E-state index in [2.05, 4.69) is 18.9 Å². The van der Waals surface area contributed by atoms with Crippen molar-refractivity contribution in [3.8, 4) is 0 Å². The summed E-state index contributed by atoms with van der Waals surface area (Å²) in [7, 11) is 2.13. The second-order valence-corrected chi connectivity index (χ2v) is 6.00. The Kier molecular flexibility index (Phi) is 6.26. The molecule has 20 heavy (non-hydrogen) atoms. The fourth-order valence-corrected chi connectivity index (χ4v) is 2.92. The van der Waals surface area contributed by atoms with Gasteiger partial charge in [0.15, 0.2) is 0 Å². The standard InChI is InChI=1S/C15H28N2O3/c1-3-16(2)9-13-6-7-17(10-13)15(18)12-19-11-14-5-4-8-20-14/h13-14H,3-12H2,1-2H3. The molecular formula is C15H28N2O3. The zero-order valence-electron chi connectivity index (χ0n) is 12.8. The number of amides is 1. The van der Waals surface area contributed by atoms with Crippen molar-refractivity contribution in [1.82, 2.24) is 9.80 Å². The summed E-state index contributed by atoms with van der Waals surface area (Å²) in [5.74, 6) is 0.742. The first kappa shape index (κ1) is 15.7. The van der Waals surface area contributed by atoms with Gasteiger partial charge in [0, 0.05) is 26.2 Å². The van der Waals surface area contributed by atoms with Crippen LogP contribution >= 0.6 is 0 Å². The van der Waals surface area contributed by atoms with Crippen LogP contribution in [0.2, 0.25) is 0 Å². The van der Waals surface area contributed by atoms with Gasteiger partial charge in [-0.2, -0.15) is 0 Å². The summed E-state index contributed by atoms with van der Waals surface area (Å²) in [6, 6.07) is 0. The van der Waals surface area contributed by atoms with E-state index in [0.717, 1.165) is 52.0 Å². The molecule has 2 fully saturated rings. The quantitative estimate of drug-likeness (QED) is 0.699. The highest BCUT2D eigenvalue weighted by Crippen LogP contribution is 2.17. The van der Waals surface area contributed by atoms with Crippen LogP contribution in [0.5, 0.6) is 0 Å². The maximum Gasteiger partial charge on any atom is 0.248 e. The number of hydrogen-bond acceptors (Lipinski definition) is 4. The fourth-order valence-electron chi connectivity index (χ4n) is 2.92. The Bertz CT molecular complexity index is 305. The average Bonchev–Trinajstić information content (AvgIpc) is 3.10. The Balaban J connectivity index is 1.61. The van der Waals surface area contributed by atoms with Crippen molar-refractivity contribution in [2.75, 3.05) is 53.0 Å². The summed E-state index contributed by atoms with van der Waals surface area (Å²) in [6.45, 7) is 7.66. The number of ether oxygens (including phenoxy) is 2. The van der Waals surface area contributed by atoms with Gasteiger partial charge in [-0.3, -0.25) is 4.79 Å². The molecule has 2 atom stereocenters. The van der Waals surface area contributed by atoms with Gasteiger partial charge in [-0.1, -0.05) is 6.92 Å². The van der Waals surface area contributed by atoms with Crippen molar-refractivity contribution in [2.45, 2.75) is 32.3 Å². The monoisotopic (exact) mass is 284 g/mol. The lowest BCUT2D eigenvalue weighted by Gasteiger charge is -2.20. The van der Waals surface area contributed by atoms with E-state index < -0.39 is 0 Å². The van der Waals surface area contributed by atoms with Crippen molar-refractivity contribution in [3.05, 3.63) is 0 Å². The van der Waals surface area contributed by atoms with E-state index in [1.807, 2.05) is 4.90 Å². The second-order valence-electron chi connectivity index (χ2n) is 6.00. The minimum absolute atomic E-state index is 0.129. The zero-order valence-corrected chi connectivity index (χ0v) is 12.8. The van der Waals surface area contributed by atoms with Crippen LogP contribution in [0.15, 0.2) is 0 Å². The van der Waals surface area contributed by atoms with Gasteiger partial charge in [0.25, 0.3) is 0 Å². The largest absolute Gasteiger partial charge is 0.376 e. The van der Waals surface area contributed by atoms with Crippen LogP contribution in [-0.4, -0.2) is 74.9 Å². The Hall–Kier alpha value is -0.650. The van der Waals surface area contributed by atoms with E-state index in [-0.39, 0.29) is 18.6 Å². The molecule has 0 aromatic rings. The van der Waals surface area contributed by atoms with Gasteiger partial charge < -0.3 is 19.3 Å². The molecule has 1 amide bonds. The van der Waals surface area contributed by atoms with Crippen LogP contribution in [0.3, 0.4) is 0 Å². The second kappa shape index (κ2) is 7.96. The number of carbonyl (C=O) groups is 1. The Morgan fingerprint density at radius 3 is 3.00 bits per heavy atom. The minimum Gasteiger partial charge on any atom is -0.376 e. The smallest absolute Gasteiger partial charge is 0.248 e. The van der Waals surface area contributed by atoms with Gasteiger partial charge >= 0.3 is 0 Å². The van der Waals surface area contributed by atoms with Gasteiger partial charge in [-0.15, -0.1) is 0 Å². The topological polar surface area (TPSA) is 42.0 Å². The molecule has 2 heterocycles. The molecule has 0 aromatic carbocycles. The minimum atomic E-state index is 0.129. The summed E-state index contributed by atoms with van der Waals surface area (Å²) in [5.41, 5.74) is 0. The number of carbonyl (C=O) groups excluding carboxylic acids is 1. The van der Waals surface area contributed by atoms with Gasteiger partial charge in [-0.25, -0.2) is 0 Å². The maximum absolute atomic E-state index is 12.1. The molecule has 0 saturated carbocycles. The molecule has 0 N–H and O–H groups in total. The third-order valence-corrected chi connectivity index (χ3v) is 4.30. The maximum atomic E-state index is 12.1. The summed E-state index contributed by atoms with van der Waals surface area (Å²) in [5, 5.41) is 0. The number of likely N-dealkylation sites (tertiary alicyclic amines) is 1. The Morgan fingerprint density at radius 1 is 1.45 bits per heavy atom. The molecule has 5 nitrogen and oxygen atoms in total. The van der Waals surface area contributed by atoms with Crippen molar-refractivity contribution >= 4 is 5.91 Å².